The van der Waals surface area contributed by atoms with Crippen LogP contribution in [-0.4, -0.2) is 28.9 Å². The average Bonchev–Trinajstić information content (AvgIpc) is 2.66. The van der Waals surface area contributed by atoms with Crippen LogP contribution in [0.1, 0.15) is 30.4 Å². The predicted molar refractivity (Wildman–Crippen MR) is 111 cm³/mol. The molecule has 0 bridgehead atoms. The van der Waals surface area contributed by atoms with Gasteiger partial charge < -0.3 is 15.4 Å². The zero-order chi connectivity index (χ0) is 16.6. The molecule has 0 aliphatic carbocycles. The summed E-state index contributed by atoms with van der Waals surface area (Å²) >= 11 is 0. The Bertz CT molecular complexity index is 672. The fraction of sp³-hybridized carbons (Fsp3) is 0.368. The third-order valence-electron chi connectivity index (χ3n) is 4.13. The molecule has 0 amide bonds. The minimum atomic E-state index is 0. The van der Waals surface area contributed by atoms with E-state index in [0.29, 0.717) is 25.0 Å². The Kier molecular flexibility index (Phi) is 7.97. The van der Waals surface area contributed by atoms with Crippen molar-refractivity contribution in [2.75, 3.05) is 13.1 Å². The van der Waals surface area contributed by atoms with Gasteiger partial charge in [0.25, 0.3) is 0 Å². The number of piperidine rings is 1. The number of ether oxygens (including phenoxy) is 1. The Labute approximate surface area is 166 Å². The highest BCUT2D eigenvalue weighted by atomic mass is 127. The summed E-state index contributed by atoms with van der Waals surface area (Å²) in [6.07, 6.45) is 5.43. The molecule has 0 unspecified atom stereocenters. The number of benzene rings is 1. The number of hydrogen-bond donors (Lipinski definition) is 1. The molecule has 0 saturated carbocycles. The van der Waals surface area contributed by atoms with Gasteiger partial charge in [-0.05, 0) is 36.5 Å². The Morgan fingerprint density at radius 1 is 1.08 bits per heavy atom. The van der Waals surface area contributed by atoms with E-state index in [1.807, 2.05) is 42.5 Å². The number of nitrogens with two attached hydrogens (primary N) is 1. The Hall–Kier alpha value is -1.83. The Morgan fingerprint density at radius 2 is 1.84 bits per heavy atom. The number of likely N-dealkylation sites (tertiary alicyclic amines) is 1. The molecule has 3 rings (SSSR count). The van der Waals surface area contributed by atoms with Crippen LogP contribution in [-0.2, 0) is 13.2 Å². The highest BCUT2D eigenvalue weighted by Crippen LogP contribution is 2.13. The largest absolute Gasteiger partial charge is 0.473 e. The van der Waals surface area contributed by atoms with Gasteiger partial charge in [-0.1, -0.05) is 30.3 Å². The summed E-state index contributed by atoms with van der Waals surface area (Å²) in [5.41, 5.74) is 8.27. The van der Waals surface area contributed by atoms with Gasteiger partial charge in [0.2, 0.25) is 5.88 Å². The van der Waals surface area contributed by atoms with E-state index in [4.69, 9.17) is 10.5 Å². The van der Waals surface area contributed by atoms with Crippen LogP contribution in [0.15, 0.2) is 53.7 Å². The highest BCUT2D eigenvalue weighted by Gasteiger charge is 2.11. The summed E-state index contributed by atoms with van der Waals surface area (Å²) in [6, 6.07) is 13.9. The van der Waals surface area contributed by atoms with Gasteiger partial charge in [-0.2, -0.15) is 0 Å². The van der Waals surface area contributed by atoms with Gasteiger partial charge in [-0.25, -0.2) is 9.98 Å². The lowest BCUT2D eigenvalue weighted by Gasteiger charge is -2.27. The van der Waals surface area contributed by atoms with Crippen LogP contribution in [0.2, 0.25) is 0 Å². The van der Waals surface area contributed by atoms with E-state index in [2.05, 4.69) is 14.9 Å². The molecule has 0 spiro atoms. The molecule has 1 aromatic heterocycles. The van der Waals surface area contributed by atoms with E-state index < -0.39 is 0 Å². The molecular weight excluding hydrogens is 427 g/mol. The molecule has 2 N–H and O–H groups in total. The molecule has 2 heterocycles. The lowest BCUT2D eigenvalue weighted by atomic mass is 10.1. The zero-order valence-corrected chi connectivity index (χ0v) is 16.6. The van der Waals surface area contributed by atoms with Crippen LogP contribution in [0.4, 0.5) is 0 Å². The smallest absolute Gasteiger partial charge is 0.213 e. The topological polar surface area (TPSA) is 63.7 Å². The number of pyridine rings is 1. The van der Waals surface area contributed by atoms with Crippen molar-refractivity contribution >= 4 is 29.9 Å². The fourth-order valence-electron chi connectivity index (χ4n) is 2.75. The van der Waals surface area contributed by atoms with Gasteiger partial charge in [0.05, 0.1) is 6.54 Å². The standard InChI is InChI=1S/C19H24N4O.HI/c20-19(23-11-5-2-6-12-23)22-14-17-9-10-21-18(13-17)24-15-16-7-3-1-4-8-16;/h1,3-4,7-10,13H,2,5-6,11-12,14-15H2,(H2,20,22);1H. The van der Waals surface area contributed by atoms with Crippen LogP contribution >= 0.6 is 24.0 Å². The molecule has 1 aliphatic rings. The second-order valence-electron chi connectivity index (χ2n) is 6.00. The molecule has 25 heavy (non-hydrogen) atoms. The van der Waals surface area contributed by atoms with Gasteiger partial charge in [0.15, 0.2) is 5.96 Å². The first-order valence-corrected chi connectivity index (χ1v) is 8.48. The summed E-state index contributed by atoms with van der Waals surface area (Å²) in [5.74, 6) is 1.25. The molecule has 0 atom stereocenters. The molecule has 1 fully saturated rings. The molecule has 5 nitrogen and oxygen atoms in total. The van der Waals surface area contributed by atoms with Crippen LogP contribution in [0.3, 0.4) is 0 Å². The number of aromatic nitrogens is 1. The van der Waals surface area contributed by atoms with Crippen molar-refractivity contribution < 1.29 is 4.74 Å². The number of aliphatic imine (C=N–C) groups is 1. The SMILES string of the molecule is I.NC(=NCc1ccnc(OCc2ccccc2)c1)N1CCCCC1. The first kappa shape index (κ1) is 19.5. The highest BCUT2D eigenvalue weighted by molar-refractivity contribution is 14.0. The van der Waals surface area contributed by atoms with E-state index in [1.165, 1.54) is 19.3 Å². The first-order valence-electron chi connectivity index (χ1n) is 8.48. The van der Waals surface area contributed by atoms with Gasteiger partial charge in [0.1, 0.15) is 6.61 Å². The lowest BCUT2D eigenvalue weighted by Crippen LogP contribution is -2.40. The summed E-state index contributed by atoms with van der Waals surface area (Å²) in [7, 11) is 0. The molecule has 134 valence electrons. The second kappa shape index (κ2) is 10.2. The Morgan fingerprint density at radius 3 is 2.60 bits per heavy atom. The third kappa shape index (κ3) is 6.19. The maximum Gasteiger partial charge on any atom is 0.213 e. The van der Waals surface area contributed by atoms with E-state index in [-0.39, 0.29) is 24.0 Å². The Balaban J connectivity index is 0.00000225. The molecule has 1 aliphatic heterocycles. The van der Waals surface area contributed by atoms with E-state index >= 15 is 0 Å². The average molecular weight is 452 g/mol. The minimum absolute atomic E-state index is 0. The molecule has 6 heteroatoms. The summed E-state index contributed by atoms with van der Waals surface area (Å²) < 4.78 is 5.75. The monoisotopic (exact) mass is 452 g/mol. The second-order valence-corrected chi connectivity index (χ2v) is 6.00. The number of nitrogens with zero attached hydrogens (tertiary/aromatic N) is 3. The van der Waals surface area contributed by atoms with E-state index in [1.54, 1.807) is 6.20 Å². The fourth-order valence-corrected chi connectivity index (χ4v) is 2.75. The van der Waals surface area contributed by atoms with Crippen LogP contribution in [0.25, 0.3) is 0 Å². The molecule has 0 radical (unpaired) electrons. The number of rotatable bonds is 5. The van der Waals surface area contributed by atoms with Gasteiger partial charge in [-0.3, -0.25) is 0 Å². The number of hydrogen-bond acceptors (Lipinski definition) is 3. The van der Waals surface area contributed by atoms with E-state index in [0.717, 1.165) is 24.2 Å². The maximum absolute atomic E-state index is 6.10. The quantitative estimate of drug-likeness (QED) is 0.428. The molecule has 1 saturated heterocycles. The predicted octanol–water partition coefficient (Wildman–Crippen LogP) is 3.58. The van der Waals surface area contributed by atoms with Gasteiger partial charge >= 0.3 is 0 Å². The summed E-state index contributed by atoms with van der Waals surface area (Å²) in [6.45, 7) is 3.08. The zero-order valence-electron chi connectivity index (χ0n) is 14.3. The van der Waals surface area contributed by atoms with Gasteiger partial charge in [-0.15, -0.1) is 24.0 Å². The minimum Gasteiger partial charge on any atom is -0.473 e. The van der Waals surface area contributed by atoms with Crippen LogP contribution in [0, 0.1) is 0 Å². The van der Waals surface area contributed by atoms with Crippen molar-refractivity contribution in [2.45, 2.75) is 32.4 Å². The first-order chi connectivity index (χ1) is 11.8. The van der Waals surface area contributed by atoms with Crippen molar-refractivity contribution in [2.24, 2.45) is 10.7 Å². The van der Waals surface area contributed by atoms with Crippen molar-refractivity contribution in [3.05, 3.63) is 59.8 Å². The lowest BCUT2D eigenvalue weighted by molar-refractivity contribution is 0.293. The summed E-state index contributed by atoms with van der Waals surface area (Å²) in [4.78, 5) is 10.9. The molecule has 2 aromatic rings. The maximum atomic E-state index is 6.10. The van der Waals surface area contributed by atoms with Crippen LogP contribution in [0.5, 0.6) is 5.88 Å². The normalized spacial score (nSPS) is 14.7. The van der Waals surface area contributed by atoms with Crippen molar-refractivity contribution in [1.29, 1.82) is 0 Å². The number of guanidine groups is 1. The molecule has 1 aromatic carbocycles. The van der Waals surface area contributed by atoms with Gasteiger partial charge in [0, 0.05) is 25.4 Å². The van der Waals surface area contributed by atoms with Crippen molar-refractivity contribution in [3.8, 4) is 5.88 Å². The third-order valence-corrected chi connectivity index (χ3v) is 4.13. The van der Waals surface area contributed by atoms with Crippen LogP contribution < -0.4 is 10.5 Å². The number of halogens is 1. The molecular formula is C19H25IN4O. The van der Waals surface area contributed by atoms with Crippen molar-refractivity contribution in [1.82, 2.24) is 9.88 Å². The van der Waals surface area contributed by atoms with Crippen molar-refractivity contribution in [3.63, 3.8) is 0 Å². The summed E-state index contributed by atoms with van der Waals surface area (Å²) in [5, 5.41) is 0. The van der Waals surface area contributed by atoms with E-state index in [9.17, 15) is 0 Å².